The Morgan fingerprint density at radius 2 is 1.94 bits per heavy atom. The van der Waals surface area contributed by atoms with Crippen molar-refractivity contribution in [2.24, 2.45) is 0 Å². The molecule has 0 fully saturated rings. The van der Waals surface area contributed by atoms with Crippen molar-refractivity contribution in [3.63, 3.8) is 0 Å². The smallest absolute Gasteiger partial charge is 0.278 e. The minimum absolute atomic E-state index is 0.0437. The van der Waals surface area contributed by atoms with Gasteiger partial charge in [-0.3, -0.25) is 19.4 Å². The van der Waals surface area contributed by atoms with Crippen molar-refractivity contribution >= 4 is 46.6 Å². The van der Waals surface area contributed by atoms with Crippen LogP contribution in [0.4, 0.5) is 15.8 Å². The Balaban J connectivity index is 1.72. The second-order valence-corrected chi connectivity index (χ2v) is 7.88. The number of carbonyl (C=O) groups is 2. The predicted molar refractivity (Wildman–Crippen MR) is 118 cm³/mol. The number of rotatable bonds is 6. The number of thioether (sulfide) groups is 1. The second-order valence-electron chi connectivity index (χ2n) is 6.50. The standard InChI is InChI=1S/C20H17ClFN5O3S/c1-10-3-6-16(23-11(2)28)13(7-10)18-19(30)25-20(27-26-18)31-9-17(29)24-12-4-5-15(22)14(21)8-12/h3-8H,9H2,1-2H3,(H,23,28)(H,24,29)(H,25,27,30). The van der Waals surface area contributed by atoms with Gasteiger partial charge in [0.05, 0.1) is 16.5 Å². The third kappa shape index (κ3) is 5.89. The predicted octanol–water partition coefficient (Wildman–Crippen LogP) is 3.62. The van der Waals surface area contributed by atoms with Gasteiger partial charge in [0, 0.05) is 18.2 Å². The van der Waals surface area contributed by atoms with E-state index in [4.69, 9.17) is 11.6 Å². The molecule has 0 aliphatic rings. The quantitative estimate of drug-likeness (QED) is 0.483. The molecule has 3 aromatic rings. The first-order chi connectivity index (χ1) is 14.7. The van der Waals surface area contributed by atoms with E-state index in [9.17, 15) is 18.8 Å². The Morgan fingerprint density at radius 1 is 1.16 bits per heavy atom. The highest BCUT2D eigenvalue weighted by atomic mass is 35.5. The third-order valence-corrected chi connectivity index (χ3v) is 5.11. The average Bonchev–Trinajstić information content (AvgIpc) is 2.70. The first-order valence-corrected chi connectivity index (χ1v) is 10.3. The van der Waals surface area contributed by atoms with Gasteiger partial charge in [0.15, 0.2) is 10.9 Å². The molecule has 0 atom stereocenters. The molecule has 0 aliphatic heterocycles. The monoisotopic (exact) mass is 461 g/mol. The van der Waals surface area contributed by atoms with Crippen LogP contribution in [0.1, 0.15) is 12.5 Å². The van der Waals surface area contributed by atoms with E-state index in [1.165, 1.54) is 19.1 Å². The number of anilines is 2. The van der Waals surface area contributed by atoms with Crippen LogP contribution in [-0.2, 0) is 9.59 Å². The molecule has 0 saturated heterocycles. The number of nitrogens with zero attached hydrogens (tertiary/aromatic N) is 2. The maximum absolute atomic E-state index is 13.2. The lowest BCUT2D eigenvalue weighted by molar-refractivity contribution is -0.114. The molecule has 2 aromatic carbocycles. The van der Waals surface area contributed by atoms with Gasteiger partial charge in [0.1, 0.15) is 5.82 Å². The van der Waals surface area contributed by atoms with Crippen LogP contribution >= 0.6 is 23.4 Å². The number of aryl methyl sites for hydroxylation is 1. The van der Waals surface area contributed by atoms with E-state index in [0.29, 0.717) is 16.9 Å². The highest BCUT2D eigenvalue weighted by Crippen LogP contribution is 2.26. The lowest BCUT2D eigenvalue weighted by Gasteiger charge is -2.10. The summed E-state index contributed by atoms with van der Waals surface area (Å²) in [6.45, 7) is 3.21. The number of hydrogen-bond acceptors (Lipinski definition) is 6. The fraction of sp³-hybridized carbons (Fsp3) is 0.150. The van der Waals surface area contributed by atoms with E-state index in [-0.39, 0.29) is 27.5 Å². The van der Waals surface area contributed by atoms with Crippen molar-refractivity contribution in [1.29, 1.82) is 0 Å². The number of benzene rings is 2. The zero-order valence-electron chi connectivity index (χ0n) is 16.5. The zero-order chi connectivity index (χ0) is 22.5. The Hall–Kier alpha value is -3.24. The lowest BCUT2D eigenvalue weighted by atomic mass is 10.1. The first-order valence-electron chi connectivity index (χ1n) is 8.96. The van der Waals surface area contributed by atoms with Crippen LogP contribution in [0, 0.1) is 12.7 Å². The van der Waals surface area contributed by atoms with Crippen LogP contribution in [-0.4, -0.2) is 32.7 Å². The molecule has 0 bridgehead atoms. The summed E-state index contributed by atoms with van der Waals surface area (Å²) in [5.74, 6) is -1.33. The van der Waals surface area contributed by atoms with Gasteiger partial charge >= 0.3 is 0 Å². The number of nitrogens with one attached hydrogen (secondary N) is 3. The Morgan fingerprint density at radius 3 is 2.61 bits per heavy atom. The highest BCUT2D eigenvalue weighted by molar-refractivity contribution is 7.99. The minimum atomic E-state index is -0.586. The van der Waals surface area contributed by atoms with E-state index < -0.39 is 17.3 Å². The largest absolute Gasteiger partial charge is 0.326 e. The van der Waals surface area contributed by atoms with E-state index in [2.05, 4.69) is 25.8 Å². The molecule has 0 aliphatic carbocycles. The van der Waals surface area contributed by atoms with E-state index in [1.807, 2.05) is 6.92 Å². The summed E-state index contributed by atoms with van der Waals surface area (Å²) >= 11 is 6.66. The van der Waals surface area contributed by atoms with Crippen molar-refractivity contribution in [2.75, 3.05) is 16.4 Å². The summed E-state index contributed by atoms with van der Waals surface area (Å²) in [6.07, 6.45) is 0. The van der Waals surface area contributed by atoms with Crippen molar-refractivity contribution in [3.8, 4) is 11.3 Å². The van der Waals surface area contributed by atoms with Crippen LogP contribution in [0.3, 0.4) is 0 Å². The van der Waals surface area contributed by atoms with Gasteiger partial charge in [-0.05, 0) is 37.3 Å². The minimum Gasteiger partial charge on any atom is -0.326 e. The maximum Gasteiger partial charge on any atom is 0.278 e. The fourth-order valence-electron chi connectivity index (χ4n) is 2.62. The van der Waals surface area contributed by atoms with E-state index in [1.54, 1.807) is 18.2 Å². The molecular formula is C20H17ClFN5O3S. The van der Waals surface area contributed by atoms with Crippen LogP contribution in [0.15, 0.2) is 46.3 Å². The number of H-pyrrole nitrogens is 1. The Kier molecular flexibility index (Phi) is 7.03. The zero-order valence-corrected chi connectivity index (χ0v) is 18.0. The average molecular weight is 462 g/mol. The number of aromatic amines is 1. The number of aromatic nitrogens is 3. The SMILES string of the molecule is CC(=O)Nc1ccc(C)cc1-c1nnc(SCC(=O)Nc2ccc(F)c(Cl)c2)[nH]c1=O. The third-order valence-electron chi connectivity index (χ3n) is 3.96. The maximum atomic E-state index is 13.2. The van der Waals surface area contributed by atoms with Gasteiger partial charge in [0.2, 0.25) is 11.8 Å². The number of halogens is 2. The molecule has 0 saturated carbocycles. The van der Waals surface area contributed by atoms with Gasteiger partial charge in [-0.1, -0.05) is 35.0 Å². The van der Waals surface area contributed by atoms with Gasteiger partial charge in [-0.2, -0.15) is 0 Å². The number of hydrogen-bond donors (Lipinski definition) is 3. The van der Waals surface area contributed by atoms with Crippen LogP contribution in [0.25, 0.3) is 11.3 Å². The molecule has 2 amide bonds. The van der Waals surface area contributed by atoms with Gasteiger partial charge in [-0.15, -0.1) is 10.2 Å². The van der Waals surface area contributed by atoms with E-state index >= 15 is 0 Å². The molecule has 31 heavy (non-hydrogen) atoms. The summed E-state index contributed by atoms with van der Waals surface area (Å²) in [5.41, 5.74) is 1.63. The molecule has 1 heterocycles. The normalized spacial score (nSPS) is 10.6. The van der Waals surface area contributed by atoms with Gasteiger partial charge in [0.25, 0.3) is 5.56 Å². The van der Waals surface area contributed by atoms with E-state index in [0.717, 1.165) is 23.4 Å². The molecule has 0 unspecified atom stereocenters. The van der Waals surface area contributed by atoms with Gasteiger partial charge < -0.3 is 10.6 Å². The van der Waals surface area contributed by atoms with Crippen molar-refractivity contribution in [1.82, 2.24) is 15.2 Å². The molecule has 3 rings (SSSR count). The van der Waals surface area contributed by atoms with Crippen molar-refractivity contribution in [2.45, 2.75) is 19.0 Å². The topological polar surface area (TPSA) is 117 Å². The van der Waals surface area contributed by atoms with Crippen LogP contribution < -0.4 is 16.2 Å². The fourth-order valence-corrected chi connectivity index (χ4v) is 3.40. The molecule has 0 radical (unpaired) electrons. The molecule has 11 heteroatoms. The molecule has 1 aromatic heterocycles. The molecular weight excluding hydrogens is 445 g/mol. The van der Waals surface area contributed by atoms with Crippen LogP contribution in [0.5, 0.6) is 0 Å². The van der Waals surface area contributed by atoms with Crippen molar-refractivity contribution in [3.05, 3.63) is 63.2 Å². The molecule has 0 spiro atoms. The Labute approximate surface area is 185 Å². The second kappa shape index (κ2) is 9.71. The van der Waals surface area contributed by atoms with Crippen molar-refractivity contribution < 1.29 is 14.0 Å². The summed E-state index contributed by atoms with van der Waals surface area (Å²) in [6, 6.07) is 9.03. The molecule has 3 N–H and O–H groups in total. The summed E-state index contributed by atoms with van der Waals surface area (Å²) in [4.78, 5) is 38.7. The van der Waals surface area contributed by atoms with Gasteiger partial charge in [-0.25, -0.2) is 4.39 Å². The first kappa shape index (κ1) is 22.4. The molecule has 160 valence electrons. The summed E-state index contributed by atoms with van der Waals surface area (Å²) < 4.78 is 13.2. The highest BCUT2D eigenvalue weighted by Gasteiger charge is 2.14. The number of amides is 2. The Bertz CT molecular complexity index is 1220. The summed E-state index contributed by atoms with van der Waals surface area (Å²) in [5, 5.41) is 13.2. The lowest BCUT2D eigenvalue weighted by Crippen LogP contribution is -2.18. The van der Waals surface area contributed by atoms with Crippen LogP contribution in [0.2, 0.25) is 5.02 Å². The summed E-state index contributed by atoms with van der Waals surface area (Å²) in [7, 11) is 0. The number of carbonyl (C=O) groups excluding carboxylic acids is 2. The molecule has 8 nitrogen and oxygen atoms in total.